The lowest BCUT2D eigenvalue weighted by atomic mass is 9.85. The molecule has 330 valence electrons. The van der Waals surface area contributed by atoms with Crippen LogP contribution in [-0.4, -0.2) is 70.0 Å². The molecular formula is C46H88NO8P. The summed E-state index contributed by atoms with van der Waals surface area (Å²) < 4.78 is 34.0. The molecule has 0 aromatic rings. The van der Waals surface area contributed by atoms with Gasteiger partial charge in [0.15, 0.2) is 6.10 Å². The van der Waals surface area contributed by atoms with E-state index in [2.05, 4.69) is 0 Å². The number of phosphoric ester groups is 1. The largest absolute Gasteiger partial charge is 0.756 e. The molecule has 0 spiro atoms. The van der Waals surface area contributed by atoms with Crippen LogP contribution in [0.1, 0.15) is 218 Å². The van der Waals surface area contributed by atoms with Crippen LogP contribution < -0.4 is 4.89 Å². The average molecular weight is 814 g/mol. The van der Waals surface area contributed by atoms with Crippen LogP contribution in [0.25, 0.3) is 0 Å². The maximum atomic E-state index is 12.7. The van der Waals surface area contributed by atoms with Crippen molar-refractivity contribution in [1.82, 2.24) is 0 Å². The molecule has 0 aromatic heterocycles. The van der Waals surface area contributed by atoms with E-state index in [-0.39, 0.29) is 32.0 Å². The summed E-state index contributed by atoms with van der Waals surface area (Å²) >= 11 is 0. The van der Waals surface area contributed by atoms with E-state index in [9.17, 15) is 19.0 Å². The molecule has 2 aliphatic rings. The molecule has 56 heavy (non-hydrogen) atoms. The smallest absolute Gasteiger partial charge is 0.306 e. The fraction of sp³-hybridized carbons (Fsp3) is 0.957. The lowest BCUT2D eigenvalue weighted by molar-refractivity contribution is -0.870. The molecule has 0 amide bonds. The van der Waals surface area contributed by atoms with E-state index < -0.39 is 26.5 Å². The third-order valence-electron chi connectivity index (χ3n) is 12.1. The van der Waals surface area contributed by atoms with Crippen molar-refractivity contribution in [2.45, 2.75) is 224 Å². The lowest BCUT2D eigenvalue weighted by Crippen LogP contribution is -2.37. The first kappa shape index (κ1) is 51.2. The Morgan fingerprint density at radius 1 is 0.554 bits per heavy atom. The Morgan fingerprint density at radius 3 is 1.38 bits per heavy atom. The molecule has 2 atom stereocenters. The molecule has 2 aliphatic carbocycles. The monoisotopic (exact) mass is 814 g/mol. The molecule has 0 heterocycles. The Balaban J connectivity index is 1.54. The van der Waals surface area contributed by atoms with Crippen molar-refractivity contribution in [3.05, 3.63) is 0 Å². The van der Waals surface area contributed by atoms with Crippen LogP contribution in [0.15, 0.2) is 0 Å². The summed E-state index contributed by atoms with van der Waals surface area (Å²) in [6, 6.07) is 0. The van der Waals surface area contributed by atoms with Gasteiger partial charge in [0, 0.05) is 12.8 Å². The highest BCUT2D eigenvalue weighted by Crippen LogP contribution is 2.38. The van der Waals surface area contributed by atoms with Gasteiger partial charge in [-0.15, -0.1) is 0 Å². The van der Waals surface area contributed by atoms with Gasteiger partial charge in [-0.3, -0.25) is 14.2 Å². The highest BCUT2D eigenvalue weighted by atomic mass is 31.2. The maximum absolute atomic E-state index is 12.7. The first-order valence-corrected chi connectivity index (χ1v) is 25.2. The Hall–Kier alpha value is -0.990. The number of unbranched alkanes of at least 4 members (excludes halogenated alkanes) is 18. The number of carbonyl (C=O) groups is 2. The second-order valence-corrected chi connectivity index (χ2v) is 20.0. The second kappa shape index (κ2) is 32.8. The fourth-order valence-electron chi connectivity index (χ4n) is 8.44. The van der Waals surface area contributed by atoms with E-state index >= 15 is 0 Å². The summed E-state index contributed by atoms with van der Waals surface area (Å²) in [6.07, 6.45) is 40.8. The van der Waals surface area contributed by atoms with Crippen LogP contribution in [0, 0.1) is 11.8 Å². The summed E-state index contributed by atoms with van der Waals surface area (Å²) in [5, 5.41) is 0. The van der Waals surface area contributed by atoms with Gasteiger partial charge in [-0.05, 0) is 24.7 Å². The third kappa shape index (κ3) is 31.0. The van der Waals surface area contributed by atoms with Gasteiger partial charge in [-0.25, -0.2) is 0 Å². The summed E-state index contributed by atoms with van der Waals surface area (Å²) in [5.41, 5.74) is 0. The van der Waals surface area contributed by atoms with Crippen LogP contribution in [0.3, 0.4) is 0 Å². The number of ether oxygens (including phenoxy) is 2. The van der Waals surface area contributed by atoms with Crippen LogP contribution >= 0.6 is 7.82 Å². The summed E-state index contributed by atoms with van der Waals surface area (Å²) in [7, 11) is 1.19. The van der Waals surface area contributed by atoms with E-state index in [0.29, 0.717) is 17.4 Å². The number of quaternary nitrogens is 1. The van der Waals surface area contributed by atoms with E-state index in [0.717, 1.165) is 43.9 Å². The predicted molar refractivity (Wildman–Crippen MR) is 227 cm³/mol. The van der Waals surface area contributed by atoms with Crippen LogP contribution in [0.2, 0.25) is 0 Å². The Kier molecular flexibility index (Phi) is 30.0. The number of hydrogen-bond acceptors (Lipinski definition) is 8. The second-order valence-electron chi connectivity index (χ2n) is 18.5. The highest BCUT2D eigenvalue weighted by molar-refractivity contribution is 7.45. The summed E-state index contributed by atoms with van der Waals surface area (Å²) in [6.45, 7) is -0.243. The molecule has 0 bridgehead atoms. The van der Waals surface area contributed by atoms with E-state index in [1.54, 1.807) is 0 Å². The summed E-state index contributed by atoms with van der Waals surface area (Å²) in [4.78, 5) is 37.6. The molecule has 2 fully saturated rings. The molecule has 10 heteroatoms. The maximum Gasteiger partial charge on any atom is 0.306 e. The number of likely N-dealkylation sites (N-methyl/N-ethyl adjacent to an activating group) is 1. The standard InChI is InChI=1S/C46H88NO8P/c1-47(2,3)38-39-53-56(50,51)54-41-44(55-46(49)37-29-19-15-11-7-5-9-13-17-23-31-43-34-26-21-27-35-43)40-52-45(48)36-28-18-14-10-6-4-8-12-16-22-30-42-32-24-20-25-33-42/h42-44H,4-41H2,1-3H3/t44-/m1/s1. The topological polar surface area (TPSA) is 111 Å². The molecule has 0 aliphatic heterocycles. The van der Waals surface area contributed by atoms with Gasteiger partial charge >= 0.3 is 11.9 Å². The van der Waals surface area contributed by atoms with Crippen molar-refractivity contribution in [2.75, 3.05) is 47.5 Å². The minimum atomic E-state index is -4.62. The van der Waals surface area contributed by atoms with E-state index in [4.69, 9.17) is 18.5 Å². The zero-order chi connectivity index (χ0) is 40.6. The number of carbonyl (C=O) groups excluding carboxylic acids is 2. The van der Waals surface area contributed by atoms with Crippen molar-refractivity contribution in [1.29, 1.82) is 0 Å². The van der Waals surface area contributed by atoms with Gasteiger partial charge in [0.05, 0.1) is 27.7 Å². The third-order valence-corrected chi connectivity index (χ3v) is 13.1. The molecule has 2 saturated carbocycles. The zero-order valence-corrected chi connectivity index (χ0v) is 37.7. The molecule has 0 N–H and O–H groups in total. The normalized spacial score (nSPS) is 17.4. The SMILES string of the molecule is C[N+](C)(C)CCOP(=O)([O-])OC[C@@H](COC(=O)CCCCCCCCCCCCC1CCCCC1)OC(=O)CCCCCCCCCCCCC1CCCCC1. The van der Waals surface area contributed by atoms with E-state index in [1.807, 2.05) is 21.1 Å². The van der Waals surface area contributed by atoms with Gasteiger partial charge in [0.1, 0.15) is 19.8 Å². The minimum Gasteiger partial charge on any atom is -0.756 e. The number of esters is 2. The number of hydrogen-bond donors (Lipinski definition) is 0. The lowest BCUT2D eigenvalue weighted by Gasteiger charge is -2.28. The number of rotatable bonds is 36. The molecule has 0 aromatic carbocycles. The molecular weight excluding hydrogens is 725 g/mol. The molecule has 2 rings (SSSR count). The number of phosphoric acid groups is 1. The average Bonchev–Trinajstić information content (AvgIpc) is 3.17. The zero-order valence-electron chi connectivity index (χ0n) is 36.8. The Morgan fingerprint density at radius 2 is 0.946 bits per heavy atom. The molecule has 0 saturated heterocycles. The van der Waals surface area contributed by atoms with Crippen LogP contribution in [0.5, 0.6) is 0 Å². The van der Waals surface area contributed by atoms with Crippen molar-refractivity contribution in [3.8, 4) is 0 Å². The van der Waals surface area contributed by atoms with Crippen LogP contribution in [0.4, 0.5) is 0 Å². The van der Waals surface area contributed by atoms with Gasteiger partial charge in [-0.2, -0.15) is 0 Å². The van der Waals surface area contributed by atoms with Crippen molar-refractivity contribution in [2.24, 2.45) is 11.8 Å². The highest BCUT2D eigenvalue weighted by Gasteiger charge is 2.22. The molecule has 9 nitrogen and oxygen atoms in total. The quantitative estimate of drug-likeness (QED) is 0.0266. The van der Waals surface area contributed by atoms with Gasteiger partial charge in [0.2, 0.25) is 0 Å². The molecule has 1 unspecified atom stereocenters. The van der Waals surface area contributed by atoms with Crippen molar-refractivity contribution in [3.63, 3.8) is 0 Å². The van der Waals surface area contributed by atoms with Crippen molar-refractivity contribution < 1.29 is 42.1 Å². The van der Waals surface area contributed by atoms with Gasteiger partial charge in [0.25, 0.3) is 7.82 Å². The van der Waals surface area contributed by atoms with Gasteiger partial charge in [-0.1, -0.05) is 193 Å². The predicted octanol–water partition coefficient (Wildman–Crippen LogP) is 12.2. The number of nitrogens with zero attached hydrogens (tertiary/aromatic N) is 1. The molecule has 0 radical (unpaired) electrons. The fourth-order valence-corrected chi connectivity index (χ4v) is 9.17. The van der Waals surface area contributed by atoms with Gasteiger partial charge < -0.3 is 27.9 Å². The first-order chi connectivity index (χ1) is 27.0. The Labute approximate surface area is 344 Å². The van der Waals surface area contributed by atoms with E-state index in [1.165, 1.54) is 167 Å². The minimum absolute atomic E-state index is 0.0234. The van der Waals surface area contributed by atoms with Crippen LogP contribution in [-0.2, 0) is 32.7 Å². The van der Waals surface area contributed by atoms with Crippen molar-refractivity contribution >= 4 is 19.8 Å². The first-order valence-electron chi connectivity index (χ1n) is 23.8. The summed E-state index contributed by atoms with van der Waals surface area (Å²) in [5.74, 6) is 1.20. The Bertz CT molecular complexity index is 1010.